The van der Waals surface area contributed by atoms with Crippen LogP contribution in [0.25, 0.3) is 0 Å². The number of cyclic esters (lactones) is 1. The number of benzene rings is 1. The number of carbonyl (C=O) groups excluding carboxylic acids is 2. The van der Waals surface area contributed by atoms with Gasteiger partial charge in [0.15, 0.2) is 5.76 Å². The van der Waals surface area contributed by atoms with Crippen LogP contribution in [0, 0.1) is 0 Å². The lowest BCUT2D eigenvalue weighted by Gasteiger charge is -2.11. The van der Waals surface area contributed by atoms with Crippen molar-refractivity contribution in [3.63, 3.8) is 0 Å². The summed E-state index contributed by atoms with van der Waals surface area (Å²) in [7, 11) is 0. The highest BCUT2D eigenvalue weighted by Crippen LogP contribution is 2.32. The number of carbonyl (C=O) groups is 2. The van der Waals surface area contributed by atoms with Crippen molar-refractivity contribution in [1.29, 1.82) is 0 Å². The van der Waals surface area contributed by atoms with Crippen LogP contribution in [0.15, 0.2) is 29.5 Å². The summed E-state index contributed by atoms with van der Waals surface area (Å²) in [6.07, 6.45) is 0.562. The van der Waals surface area contributed by atoms with E-state index in [-0.39, 0.29) is 5.76 Å². The summed E-state index contributed by atoms with van der Waals surface area (Å²) < 4.78 is 5.10. The van der Waals surface area contributed by atoms with Gasteiger partial charge in [-0.05, 0) is 36.6 Å². The van der Waals surface area contributed by atoms with Crippen LogP contribution in [0.5, 0.6) is 0 Å². The van der Waals surface area contributed by atoms with Gasteiger partial charge in [-0.2, -0.15) is 0 Å². The topological polar surface area (TPSA) is 46.6 Å². The lowest BCUT2D eigenvalue weighted by molar-refractivity contribution is -0.114. The fourth-order valence-corrected chi connectivity index (χ4v) is 2.56. The minimum Gasteiger partial charge on any atom is -0.404 e. The molecule has 1 aliphatic rings. The number of anilines is 1. The van der Waals surface area contributed by atoms with Crippen molar-refractivity contribution in [3.05, 3.63) is 39.6 Å². The van der Waals surface area contributed by atoms with Crippen molar-refractivity contribution in [2.75, 3.05) is 4.90 Å². The maximum absolute atomic E-state index is 12.3. The van der Waals surface area contributed by atoms with Crippen LogP contribution in [0.2, 0.25) is 10.0 Å². The van der Waals surface area contributed by atoms with E-state index in [0.29, 0.717) is 28.6 Å². The van der Waals surface area contributed by atoms with Crippen LogP contribution in [-0.4, -0.2) is 12.0 Å². The largest absolute Gasteiger partial charge is 0.427 e. The van der Waals surface area contributed by atoms with E-state index in [1.54, 1.807) is 0 Å². The number of halogens is 2. The summed E-state index contributed by atoms with van der Waals surface area (Å²) >= 11 is 11.8. The molecule has 0 N–H and O–H groups in total. The molecule has 0 spiro atoms. The van der Waals surface area contributed by atoms with Crippen LogP contribution in [0.4, 0.5) is 10.5 Å². The van der Waals surface area contributed by atoms with Crippen LogP contribution in [0.3, 0.4) is 0 Å². The van der Waals surface area contributed by atoms with E-state index in [0.717, 1.165) is 10.5 Å². The molecule has 0 atom stereocenters. The maximum Gasteiger partial charge on any atom is 0.427 e. The lowest BCUT2D eigenvalue weighted by Crippen LogP contribution is -2.28. The average molecular weight is 314 g/mol. The highest BCUT2D eigenvalue weighted by Gasteiger charge is 2.39. The minimum atomic E-state index is -0.734. The molecular weight excluding hydrogens is 301 g/mol. The second-order valence-corrected chi connectivity index (χ2v) is 5.15. The Bertz CT molecular complexity index is 584. The Morgan fingerprint density at radius 2 is 1.65 bits per heavy atom. The second-order valence-electron chi connectivity index (χ2n) is 4.28. The van der Waals surface area contributed by atoms with Crippen molar-refractivity contribution in [2.24, 2.45) is 0 Å². The molecule has 1 fully saturated rings. The zero-order valence-corrected chi connectivity index (χ0v) is 12.6. The van der Waals surface area contributed by atoms with Crippen molar-refractivity contribution < 1.29 is 14.3 Å². The van der Waals surface area contributed by atoms with Gasteiger partial charge in [-0.3, -0.25) is 4.79 Å². The van der Waals surface area contributed by atoms with Gasteiger partial charge < -0.3 is 4.74 Å². The van der Waals surface area contributed by atoms with E-state index in [4.69, 9.17) is 27.9 Å². The van der Waals surface area contributed by atoms with Crippen LogP contribution < -0.4 is 4.90 Å². The molecule has 1 saturated heterocycles. The molecule has 106 valence electrons. The first-order chi connectivity index (χ1) is 9.47. The zero-order valence-electron chi connectivity index (χ0n) is 11.1. The van der Waals surface area contributed by atoms with Gasteiger partial charge >= 0.3 is 12.0 Å². The Morgan fingerprint density at radius 3 is 2.15 bits per heavy atom. The third kappa shape index (κ3) is 2.67. The summed E-state index contributed by atoms with van der Waals surface area (Å²) in [4.78, 5) is 25.2. The van der Waals surface area contributed by atoms with E-state index in [2.05, 4.69) is 0 Å². The quantitative estimate of drug-likeness (QED) is 0.769. The fourth-order valence-electron chi connectivity index (χ4n) is 2.05. The molecule has 6 heteroatoms. The van der Waals surface area contributed by atoms with Crippen LogP contribution in [0.1, 0.15) is 26.7 Å². The minimum absolute atomic E-state index is 0.107. The van der Waals surface area contributed by atoms with Crippen molar-refractivity contribution in [1.82, 2.24) is 0 Å². The first-order valence-electron chi connectivity index (χ1n) is 6.22. The Kier molecular flexibility index (Phi) is 4.35. The number of rotatable bonds is 3. The summed E-state index contributed by atoms with van der Waals surface area (Å²) in [5.74, 6) is -0.372. The number of amides is 2. The predicted octanol–water partition coefficient (Wildman–Crippen LogP) is 4.55. The first-order valence-corrected chi connectivity index (χ1v) is 6.97. The van der Waals surface area contributed by atoms with E-state index in [9.17, 15) is 9.59 Å². The first kappa shape index (κ1) is 14.9. The summed E-state index contributed by atoms with van der Waals surface area (Å²) in [5, 5.41) is 0.688. The number of nitrogens with zero attached hydrogens (tertiary/aromatic N) is 1. The standard InChI is InChI=1S/C14H13Cl2NO3/c1-3-8(4-2)12-13(18)17(14(19)20-12)11-6-9(15)5-10(16)7-11/h5-7H,3-4H2,1-2H3. The molecule has 4 nitrogen and oxygen atoms in total. The van der Waals surface area contributed by atoms with Gasteiger partial charge in [0, 0.05) is 10.0 Å². The molecule has 20 heavy (non-hydrogen) atoms. The molecule has 1 aliphatic heterocycles. The van der Waals surface area contributed by atoms with Gasteiger partial charge in [0.1, 0.15) is 0 Å². The summed E-state index contributed by atoms with van der Waals surface area (Å²) in [5.41, 5.74) is 1.11. The smallest absolute Gasteiger partial charge is 0.404 e. The average Bonchev–Trinajstić information content (AvgIpc) is 2.65. The molecule has 1 aromatic rings. The molecule has 2 rings (SSSR count). The number of allylic oxidation sites excluding steroid dienone is 1. The molecule has 0 unspecified atom stereocenters. The number of hydrogen-bond donors (Lipinski definition) is 0. The maximum atomic E-state index is 12.3. The fraction of sp³-hybridized carbons (Fsp3) is 0.286. The third-order valence-corrected chi connectivity index (χ3v) is 3.49. The van der Waals surface area contributed by atoms with Gasteiger partial charge in [-0.25, -0.2) is 9.69 Å². The Morgan fingerprint density at radius 1 is 1.10 bits per heavy atom. The van der Waals surface area contributed by atoms with E-state index in [1.807, 2.05) is 13.8 Å². The molecule has 2 amide bonds. The van der Waals surface area contributed by atoms with Gasteiger partial charge in [-0.15, -0.1) is 0 Å². The number of imide groups is 1. The van der Waals surface area contributed by atoms with Crippen LogP contribution in [-0.2, 0) is 9.53 Å². The number of ether oxygens (including phenoxy) is 1. The zero-order chi connectivity index (χ0) is 14.9. The SMILES string of the molecule is CCC(CC)=C1OC(=O)N(c2cc(Cl)cc(Cl)c2)C1=O. The van der Waals surface area contributed by atoms with Gasteiger partial charge in [-0.1, -0.05) is 37.0 Å². The van der Waals surface area contributed by atoms with Gasteiger partial charge in [0.25, 0.3) is 0 Å². The molecule has 1 heterocycles. The monoisotopic (exact) mass is 313 g/mol. The van der Waals surface area contributed by atoms with Crippen molar-refractivity contribution >= 4 is 40.9 Å². The molecule has 0 aliphatic carbocycles. The normalized spacial score (nSPS) is 14.8. The third-order valence-electron chi connectivity index (χ3n) is 3.05. The van der Waals surface area contributed by atoms with Gasteiger partial charge in [0.05, 0.1) is 5.69 Å². The van der Waals surface area contributed by atoms with E-state index >= 15 is 0 Å². The Balaban J connectivity index is 2.46. The molecule has 0 radical (unpaired) electrons. The predicted molar refractivity (Wildman–Crippen MR) is 78.0 cm³/mol. The highest BCUT2D eigenvalue weighted by atomic mass is 35.5. The summed E-state index contributed by atoms with van der Waals surface area (Å²) in [6.45, 7) is 3.82. The molecular formula is C14H13Cl2NO3. The van der Waals surface area contributed by atoms with Crippen molar-refractivity contribution in [3.8, 4) is 0 Å². The van der Waals surface area contributed by atoms with Crippen molar-refractivity contribution in [2.45, 2.75) is 26.7 Å². The van der Waals surface area contributed by atoms with E-state index in [1.165, 1.54) is 18.2 Å². The number of hydrogen-bond acceptors (Lipinski definition) is 3. The molecule has 1 aromatic carbocycles. The molecule has 0 saturated carbocycles. The van der Waals surface area contributed by atoms with Gasteiger partial charge in [0.2, 0.25) is 0 Å². The second kappa shape index (κ2) is 5.85. The lowest BCUT2D eigenvalue weighted by atomic mass is 10.1. The Labute approximate surface area is 126 Å². The Hall–Kier alpha value is -1.52. The van der Waals surface area contributed by atoms with Crippen LogP contribution >= 0.6 is 23.2 Å². The summed E-state index contributed by atoms with van der Waals surface area (Å²) in [6, 6.07) is 4.51. The molecule has 0 bridgehead atoms. The molecule has 0 aromatic heterocycles. The van der Waals surface area contributed by atoms with E-state index < -0.39 is 12.0 Å². The highest BCUT2D eigenvalue weighted by molar-refractivity contribution is 6.35.